The molecule has 0 radical (unpaired) electrons. The number of aliphatic hydroxyl groups is 1. The van der Waals surface area contributed by atoms with Crippen molar-refractivity contribution in [2.45, 2.75) is 49.8 Å². The third-order valence-electron chi connectivity index (χ3n) is 6.72. The van der Waals surface area contributed by atoms with Crippen LogP contribution in [-0.4, -0.2) is 97.4 Å². The summed E-state index contributed by atoms with van der Waals surface area (Å²) in [6, 6.07) is 5.28. The van der Waals surface area contributed by atoms with Crippen molar-refractivity contribution in [3.63, 3.8) is 0 Å². The smallest absolute Gasteiger partial charge is 0.422 e. The monoisotopic (exact) mass is 582 g/mol. The summed E-state index contributed by atoms with van der Waals surface area (Å²) in [6.45, 7) is -1.64. The first-order valence-corrected chi connectivity index (χ1v) is 12.9. The van der Waals surface area contributed by atoms with Crippen LogP contribution in [0.3, 0.4) is 0 Å². The molecule has 2 heterocycles. The molecule has 0 bridgehead atoms. The van der Waals surface area contributed by atoms with Crippen LogP contribution < -0.4 is 5.32 Å². The average molecular weight is 583 g/mol. The van der Waals surface area contributed by atoms with Crippen molar-refractivity contribution in [2.75, 3.05) is 33.1 Å². The Morgan fingerprint density at radius 3 is 2.71 bits per heavy atom. The SMILES string of the molecule is O=C(C=Cc1ccccc1C(=O)OC1CC(C(=O)N2CCCC2C(=O)NCCO)=CC2OCOC21)OCC(F)(F)F. The van der Waals surface area contributed by atoms with Crippen molar-refractivity contribution in [1.82, 2.24) is 10.2 Å². The van der Waals surface area contributed by atoms with E-state index in [1.165, 1.54) is 17.0 Å². The molecule has 2 aliphatic heterocycles. The molecule has 0 spiro atoms. The third kappa shape index (κ3) is 7.71. The van der Waals surface area contributed by atoms with Gasteiger partial charge in [0.15, 0.2) is 6.61 Å². The Kier molecular flexibility index (Phi) is 9.78. The molecule has 14 heteroatoms. The van der Waals surface area contributed by atoms with E-state index in [1.54, 1.807) is 18.2 Å². The lowest BCUT2D eigenvalue weighted by Gasteiger charge is -2.32. The van der Waals surface area contributed by atoms with Crippen molar-refractivity contribution in [1.29, 1.82) is 0 Å². The van der Waals surface area contributed by atoms with Crippen molar-refractivity contribution in [3.8, 4) is 0 Å². The Hall–Kier alpha value is -3.75. The summed E-state index contributed by atoms with van der Waals surface area (Å²) in [4.78, 5) is 52.3. The van der Waals surface area contributed by atoms with Crippen molar-refractivity contribution in [3.05, 3.63) is 53.1 Å². The molecule has 2 fully saturated rings. The second kappa shape index (κ2) is 13.3. The highest BCUT2D eigenvalue weighted by Gasteiger charge is 2.44. The molecule has 4 atom stereocenters. The van der Waals surface area contributed by atoms with Crippen LogP contribution in [-0.2, 0) is 33.3 Å². The molecular formula is C27H29F3N2O9. The normalized spacial score (nSPS) is 24.1. The predicted octanol–water partition coefficient (Wildman–Crippen LogP) is 1.50. The zero-order valence-corrected chi connectivity index (χ0v) is 21.8. The summed E-state index contributed by atoms with van der Waals surface area (Å²) < 4.78 is 57.9. The summed E-state index contributed by atoms with van der Waals surface area (Å²) >= 11 is 0. The second-order valence-electron chi connectivity index (χ2n) is 9.53. The number of hydrogen-bond donors (Lipinski definition) is 2. The molecule has 11 nitrogen and oxygen atoms in total. The van der Waals surface area contributed by atoms with Crippen LogP contribution in [0.1, 0.15) is 35.2 Å². The van der Waals surface area contributed by atoms with Gasteiger partial charge in [-0.1, -0.05) is 18.2 Å². The first kappa shape index (κ1) is 30.2. The maximum absolute atomic E-state index is 13.5. The average Bonchev–Trinajstić information content (AvgIpc) is 3.63. The molecule has 3 aliphatic rings. The van der Waals surface area contributed by atoms with Gasteiger partial charge in [0.25, 0.3) is 0 Å². The van der Waals surface area contributed by atoms with E-state index >= 15 is 0 Å². The van der Waals surface area contributed by atoms with Gasteiger partial charge in [-0.2, -0.15) is 13.2 Å². The summed E-state index contributed by atoms with van der Waals surface area (Å²) in [6.07, 6.45) is -2.40. The van der Waals surface area contributed by atoms with E-state index in [0.717, 1.165) is 12.2 Å². The van der Waals surface area contributed by atoms with Gasteiger partial charge < -0.3 is 34.3 Å². The largest absolute Gasteiger partial charge is 0.456 e. The topological polar surface area (TPSA) is 141 Å². The molecule has 1 aromatic rings. The molecule has 41 heavy (non-hydrogen) atoms. The maximum atomic E-state index is 13.5. The molecule has 4 rings (SSSR count). The first-order chi connectivity index (χ1) is 19.6. The number of halogens is 3. The zero-order valence-electron chi connectivity index (χ0n) is 21.8. The lowest BCUT2D eigenvalue weighted by Crippen LogP contribution is -2.49. The number of esters is 2. The summed E-state index contributed by atoms with van der Waals surface area (Å²) in [5, 5.41) is 11.6. The van der Waals surface area contributed by atoms with Gasteiger partial charge in [-0.15, -0.1) is 0 Å². The molecule has 0 saturated carbocycles. The number of benzene rings is 1. The fourth-order valence-corrected chi connectivity index (χ4v) is 4.87. The van der Waals surface area contributed by atoms with Gasteiger partial charge in [-0.3, -0.25) is 9.59 Å². The highest BCUT2D eigenvalue weighted by molar-refractivity contribution is 5.98. The summed E-state index contributed by atoms with van der Waals surface area (Å²) in [7, 11) is 0. The molecule has 1 aromatic carbocycles. The number of nitrogens with one attached hydrogen (secondary N) is 1. The predicted molar refractivity (Wildman–Crippen MR) is 134 cm³/mol. The number of rotatable bonds is 9. The Morgan fingerprint density at radius 1 is 1.17 bits per heavy atom. The fourth-order valence-electron chi connectivity index (χ4n) is 4.87. The number of carbonyl (C=O) groups excluding carboxylic acids is 4. The van der Waals surface area contributed by atoms with E-state index in [1.807, 2.05) is 0 Å². The quantitative estimate of drug-likeness (QED) is 0.327. The number of fused-ring (bicyclic) bond motifs is 1. The van der Waals surface area contributed by atoms with Crippen LogP contribution in [0.4, 0.5) is 13.2 Å². The molecule has 222 valence electrons. The number of nitrogens with zero attached hydrogens (tertiary/aromatic N) is 1. The number of amides is 2. The molecular weight excluding hydrogens is 553 g/mol. The highest BCUT2D eigenvalue weighted by Crippen LogP contribution is 2.33. The molecule has 4 unspecified atom stereocenters. The van der Waals surface area contributed by atoms with E-state index in [-0.39, 0.29) is 49.0 Å². The lowest BCUT2D eigenvalue weighted by molar-refractivity contribution is -0.182. The van der Waals surface area contributed by atoms with Crippen LogP contribution in [0.5, 0.6) is 0 Å². The number of alkyl halides is 3. The van der Waals surface area contributed by atoms with Crippen molar-refractivity contribution in [2.24, 2.45) is 0 Å². The van der Waals surface area contributed by atoms with Gasteiger partial charge in [-0.05, 0) is 36.6 Å². The Morgan fingerprint density at radius 2 is 1.95 bits per heavy atom. The van der Waals surface area contributed by atoms with Gasteiger partial charge in [0.05, 0.1) is 12.2 Å². The number of ether oxygens (including phenoxy) is 4. The van der Waals surface area contributed by atoms with Crippen LogP contribution in [0, 0.1) is 0 Å². The minimum atomic E-state index is -4.67. The summed E-state index contributed by atoms with van der Waals surface area (Å²) in [5.74, 6) is -2.82. The Balaban J connectivity index is 1.46. The van der Waals surface area contributed by atoms with E-state index in [4.69, 9.17) is 19.3 Å². The van der Waals surface area contributed by atoms with Gasteiger partial charge in [0, 0.05) is 31.2 Å². The Bertz CT molecular complexity index is 1220. The van der Waals surface area contributed by atoms with E-state index in [2.05, 4.69) is 10.1 Å². The fraction of sp³-hybridized carbons (Fsp3) is 0.481. The minimum Gasteiger partial charge on any atom is -0.456 e. The number of aliphatic hydroxyl groups excluding tert-OH is 1. The van der Waals surface area contributed by atoms with Gasteiger partial charge in [-0.25, -0.2) is 9.59 Å². The standard InChI is InChI=1S/C27H29F3N2O9/c28-27(29,30)14-38-22(34)8-7-16-4-1-2-5-18(16)26(37)41-21-13-17(12-20-23(21)40-15-39-20)25(36)32-10-3-6-19(32)24(35)31-9-11-33/h1-2,4-5,7-8,12,19-21,23,33H,3,6,9-11,13-15H2,(H,31,35). The van der Waals surface area contributed by atoms with E-state index in [0.29, 0.717) is 19.4 Å². The van der Waals surface area contributed by atoms with Crippen LogP contribution in [0.15, 0.2) is 42.0 Å². The van der Waals surface area contributed by atoms with Crippen molar-refractivity contribution < 1.29 is 56.4 Å². The minimum absolute atomic E-state index is 0.0155. The molecule has 2 saturated heterocycles. The lowest BCUT2D eigenvalue weighted by atomic mass is 9.91. The van der Waals surface area contributed by atoms with Crippen LogP contribution in [0.2, 0.25) is 0 Å². The van der Waals surface area contributed by atoms with Crippen molar-refractivity contribution >= 4 is 29.8 Å². The van der Waals surface area contributed by atoms with Gasteiger partial charge >= 0.3 is 18.1 Å². The zero-order chi connectivity index (χ0) is 29.6. The number of likely N-dealkylation sites (tertiary alicyclic amines) is 1. The van der Waals surface area contributed by atoms with E-state index in [9.17, 15) is 32.3 Å². The molecule has 2 N–H and O–H groups in total. The summed E-state index contributed by atoms with van der Waals surface area (Å²) in [5.41, 5.74) is 0.500. The number of hydrogen-bond acceptors (Lipinski definition) is 9. The second-order valence-corrected chi connectivity index (χ2v) is 9.53. The van der Waals surface area contributed by atoms with E-state index < -0.39 is 55.0 Å². The molecule has 1 aliphatic carbocycles. The maximum Gasteiger partial charge on any atom is 0.422 e. The van der Waals surface area contributed by atoms with Gasteiger partial charge in [0.2, 0.25) is 11.8 Å². The number of carbonyl (C=O) groups is 4. The third-order valence-corrected chi connectivity index (χ3v) is 6.72. The first-order valence-electron chi connectivity index (χ1n) is 12.9. The van der Waals surface area contributed by atoms with Crippen LogP contribution in [0.25, 0.3) is 6.08 Å². The highest BCUT2D eigenvalue weighted by atomic mass is 19.4. The molecule has 0 aromatic heterocycles. The molecule has 2 amide bonds. The van der Waals surface area contributed by atoms with Crippen LogP contribution >= 0.6 is 0 Å². The Labute approximate surface area is 232 Å². The van der Waals surface area contributed by atoms with Gasteiger partial charge in [0.1, 0.15) is 31.1 Å².